The molecule has 0 atom stereocenters. The highest BCUT2D eigenvalue weighted by molar-refractivity contribution is 5.96. The molecule has 1 rings (SSSR count). The molecule has 1 aromatic carbocycles. The van der Waals surface area contributed by atoms with E-state index in [9.17, 15) is 24.5 Å². The van der Waals surface area contributed by atoms with Gasteiger partial charge in [0.25, 0.3) is 5.69 Å². The van der Waals surface area contributed by atoms with E-state index in [0.29, 0.717) is 0 Å². The lowest BCUT2D eigenvalue weighted by molar-refractivity contribution is -0.384. The fraction of sp³-hybridized carbons (Fsp3) is 0.400. The molecule has 9 heteroatoms. The third-order valence-electron chi connectivity index (χ3n) is 3.15. The summed E-state index contributed by atoms with van der Waals surface area (Å²) in [5, 5.41) is 13.3. The molecule has 130 valence electrons. The molecule has 0 aliphatic rings. The molecule has 0 unspecified atom stereocenters. The molecular formula is C15H19N3O6. The van der Waals surface area contributed by atoms with Crippen LogP contribution in [-0.4, -0.2) is 42.4 Å². The molecule has 0 bridgehead atoms. The maximum absolute atomic E-state index is 11.8. The van der Waals surface area contributed by atoms with Gasteiger partial charge in [-0.25, -0.2) is 4.79 Å². The van der Waals surface area contributed by atoms with Crippen molar-refractivity contribution >= 4 is 29.2 Å². The number of amides is 2. The van der Waals surface area contributed by atoms with Crippen molar-refractivity contribution in [2.75, 3.05) is 24.6 Å². The predicted octanol–water partition coefficient (Wildman–Crippen LogP) is 1.90. The summed E-state index contributed by atoms with van der Waals surface area (Å²) in [5.41, 5.74) is 0.109. The summed E-state index contributed by atoms with van der Waals surface area (Å²) in [5.74, 6) is -0.951. The van der Waals surface area contributed by atoms with Crippen LogP contribution in [0.3, 0.4) is 0 Å². The standard InChI is InChI=1S/C15H19N3O6/c1-4-17(9-14(20)16-15(21)24-5-2)12-7-6-11(10(3)19)8-13(12)18(22)23/h6-8H,4-5,9H2,1-3H3,(H,16,20,21). The highest BCUT2D eigenvalue weighted by Crippen LogP contribution is 2.29. The van der Waals surface area contributed by atoms with Crippen LogP contribution in [-0.2, 0) is 9.53 Å². The van der Waals surface area contributed by atoms with Crippen LogP contribution in [0.4, 0.5) is 16.2 Å². The van der Waals surface area contributed by atoms with Crippen molar-refractivity contribution in [3.8, 4) is 0 Å². The van der Waals surface area contributed by atoms with Gasteiger partial charge in [-0.3, -0.25) is 25.0 Å². The van der Waals surface area contributed by atoms with Gasteiger partial charge >= 0.3 is 6.09 Å². The number of nitrogens with zero attached hydrogens (tertiary/aromatic N) is 2. The summed E-state index contributed by atoms with van der Waals surface area (Å²) in [7, 11) is 0. The maximum atomic E-state index is 11.8. The lowest BCUT2D eigenvalue weighted by atomic mass is 10.1. The van der Waals surface area contributed by atoms with Crippen LogP contribution < -0.4 is 10.2 Å². The first-order valence-electron chi connectivity index (χ1n) is 7.31. The highest BCUT2D eigenvalue weighted by atomic mass is 16.6. The van der Waals surface area contributed by atoms with Gasteiger partial charge in [-0.05, 0) is 32.9 Å². The number of hydrogen-bond acceptors (Lipinski definition) is 7. The first-order valence-corrected chi connectivity index (χ1v) is 7.31. The number of anilines is 1. The Morgan fingerprint density at radius 1 is 1.29 bits per heavy atom. The van der Waals surface area contributed by atoms with E-state index in [1.807, 2.05) is 5.32 Å². The van der Waals surface area contributed by atoms with E-state index in [0.717, 1.165) is 0 Å². The van der Waals surface area contributed by atoms with Crippen LogP contribution >= 0.6 is 0 Å². The first kappa shape index (κ1) is 19.1. The minimum absolute atomic E-state index is 0.120. The first-order chi connectivity index (χ1) is 11.3. The molecular weight excluding hydrogens is 318 g/mol. The minimum Gasteiger partial charge on any atom is -0.450 e. The quantitative estimate of drug-likeness (QED) is 0.458. The number of ether oxygens (including phenoxy) is 1. The third kappa shape index (κ3) is 5.04. The molecule has 0 fully saturated rings. The molecule has 24 heavy (non-hydrogen) atoms. The Labute approximate surface area is 138 Å². The maximum Gasteiger partial charge on any atom is 0.413 e. The molecule has 0 aliphatic carbocycles. The van der Waals surface area contributed by atoms with Gasteiger partial charge in [-0.1, -0.05) is 0 Å². The number of imide groups is 1. The Kier molecular flexibility index (Phi) is 6.84. The van der Waals surface area contributed by atoms with Crippen LogP contribution in [0.1, 0.15) is 31.1 Å². The highest BCUT2D eigenvalue weighted by Gasteiger charge is 2.22. The number of Topliss-reactive ketones (excluding diaryl/α,β-unsaturated/α-hetero) is 1. The molecule has 0 radical (unpaired) electrons. The van der Waals surface area contributed by atoms with Crippen LogP contribution in [0.25, 0.3) is 0 Å². The number of ketones is 1. The Hall–Kier alpha value is -2.97. The van der Waals surface area contributed by atoms with E-state index in [-0.39, 0.29) is 42.4 Å². The molecule has 0 spiro atoms. The van der Waals surface area contributed by atoms with Crippen LogP contribution in [0.5, 0.6) is 0 Å². The molecule has 2 amide bonds. The summed E-state index contributed by atoms with van der Waals surface area (Å²) in [6, 6.07) is 4.04. The van der Waals surface area contributed by atoms with E-state index < -0.39 is 16.9 Å². The van der Waals surface area contributed by atoms with Gasteiger partial charge in [0.15, 0.2) is 5.78 Å². The lowest BCUT2D eigenvalue weighted by Crippen LogP contribution is -2.40. The molecule has 0 saturated carbocycles. The number of alkyl carbamates (subject to hydrolysis) is 1. The number of carbonyl (C=O) groups is 3. The molecule has 9 nitrogen and oxygen atoms in total. The Bertz CT molecular complexity index is 659. The lowest BCUT2D eigenvalue weighted by Gasteiger charge is -2.22. The van der Waals surface area contributed by atoms with Gasteiger partial charge in [0.05, 0.1) is 18.1 Å². The number of hydrogen-bond donors (Lipinski definition) is 1. The van der Waals surface area contributed by atoms with Gasteiger partial charge in [0.1, 0.15) is 5.69 Å². The number of carbonyl (C=O) groups excluding carboxylic acids is 3. The monoisotopic (exact) mass is 337 g/mol. The zero-order chi connectivity index (χ0) is 18.3. The largest absolute Gasteiger partial charge is 0.450 e. The van der Waals surface area contributed by atoms with Crippen LogP contribution in [0.2, 0.25) is 0 Å². The van der Waals surface area contributed by atoms with Crippen molar-refractivity contribution in [1.29, 1.82) is 0 Å². The second kappa shape index (κ2) is 8.61. The second-order valence-electron chi connectivity index (χ2n) is 4.80. The second-order valence-corrected chi connectivity index (χ2v) is 4.80. The zero-order valence-corrected chi connectivity index (χ0v) is 13.7. The number of nitro benzene ring substituents is 1. The summed E-state index contributed by atoms with van der Waals surface area (Å²) in [6.45, 7) is 4.76. The van der Waals surface area contributed by atoms with Crippen molar-refractivity contribution in [2.24, 2.45) is 0 Å². The van der Waals surface area contributed by atoms with Crippen molar-refractivity contribution in [1.82, 2.24) is 5.32 Å². The van der Waals surface area contributed by atoms with E-state index in [1.54, 1.807) is 13.8 Å². The number of likely N-dealkylation sites (N-methyl/N-ethyl adjacent to an activating group) is 1. The molecule has 0 aliphatic heterocycles. The predicted molar refractivity (Wildman–Crippen MR) is 86.2 cm³/mol. The van der Waals surface area contributed by atoms with Gasteiger partial charge in [0, 0.05) is 18.2 Å². The van der Waals surface area contributed by atoms with E-state index >= 15 is 0 Å². The normalized spacial score (nSPS) is 9.96. The van der Waals surface area contributed by atoms with Crippen molar-refractivity contribution in [3.05, 3.63) is 33.9 Å². The number of benzene rings is 1. The van der Waals surface area contributed by atoms with Gasteiger partial charge in [-0.15, -0.1) is 0 Å². The Morgan fingerprint density at radius 2 is 1.96 bits per heavy atom. The minimum atomic E-state index is -0.875. The fourth-order valence-corrected chi connectivity index (χ4v) is 2.02. The Morgan fingerprint density at radius 3 is 2.46 bits per heavy atom. The van der Waals surface area contributed by atoms with Crippen LogP contribution in [0.15, 0.2) is 18.2 Å². The Balaban J connectivity index is 3.03. The number of rotatable bonds is 7. The topological polar surface area (TPSA) is 119 Å². The SMILES string of the molecule is CCOC(=O)NC(=O)CN(CC)c1ccc(C(C)=O)cc1[N+](=O)[O-]. The van der Waals surface area contributed by atoms with Crippen molar-refractivity contribution in [2.45, 2.75) is 20.8 Å². The molecule has 1 aromatic rings. The average Bonchev–Trinajstić information content (AvgIpc) is 2.52. The van der Waals surface area contributed by atoms with E-state index in [4.69, 9.17) is 0 Å². The van der Waals surface area contributed by atoms with E-state index in [2.05, 4.69) is 4.74 Å². The molecule has 0 aromatic heterocycles. The zero-order valence-electron chi connectivity index (χ0n) is 13.7. The summed E-state index contributed by atoms with van der Waals surface area (Å²) >= 11 is 0. The fourth-order valence-electron chi connectivity index (χ4n) is 2.02. The smallest absolute Gasteiger partial charge is 0.413 e. The van der Waals surface area contributed by atoms with Gasteiger partial charge in [0.2, 0.25) is 5.91 Å². The summed E-state index contributed by atoms with van der Waals surface area (Å²) < 4.78 is 4.60. The van der Waals surface area contributed by atoms with Crippen LogP contribution in [0, 0.1) is 10.1 Å². The molecule has 0 saturated heterocycles. The summed E-state index contributed by atoms with van der Waals surface area (Å²) in [4.78, 5) is 46.5. The average molecular weight is 337 g/mol. The number of nitrogens with one attached hydrogen (secondary N) is 1. The van der Waals surface area contributed by atoms with Gasteiger partial charge in [-0.2, -0.15) is 0 Å². The van der Waals surface area contributed by atoms with Crippen molar-refractivity contribution < 1.29 is 24.0 Å². The van der Waals surface area contributed by atoms with Gasteiger partial charge < -0.3 is 9.64 Å². The molecule has 1 N–H and O–H groups in total. The number of nitro groups is 1. The summed E-state index contributed by atoms with van der Waals surface area (Å²) in [6.07, 6.45) is -0.875. The third-order valence-corrected chi connectivity index (χ3v) is 3.15. The van der Waals surface area contributed by atoms with Crippen molar-refractivity contribution in [3.63, 3.8) is 0 Å². The van der Waals surface area contributed by atoms with E-state index in [1.165, 1.54) is 30.0 Å². The molecule has 0 heterocycles.